The molecule has 0 aliphatic carbocycles. The summed E-state index contributed by atoms with van der Waals surface area (Å²) in [4.78, 5) is 4.08. The predicted molar refractivity (Wildman–Crippen MR) is 64.0 cm³/mol. The van der Waals surface area contributed by atoms with E-state index in [1.54, 1.807) is 6.20 Å². The minimum Gasteiger partial charge on any atom is -0.475 e. The van der Waals surface area contributed by atoms with Crippen molar-refractivity contribution in [3.8, 4) is 5.88 Å². The Balaban J connectivity index is 2.50. The van der Waals surface area contributed by atoms with Crippen molar-refractivity contribution < 1.29 is 9.47 Å². The van der Waals surface area contributed by atoms with Gasteiger partial charge >= 0.3 is 0 Å². The van der Waals surface area contributed by atoms with Gasteiger partial charge in [0.1, 0.15) is 6.61 Å². The first-order chi connectivity index (χ1) is 7.77. The van der Waals surface area contributed by atoms with Crippen molar-refractivity contribution in [2.24, 2.45) is 0 Å². The van der Waals surface area contributed by atoms with Gasteiger partial charge in [0.15, 0.2) is 0 Å². The van der Waals surface area contributed by atoms with Gasteiger partial charge in [-0.3, -0.25) is 0 Å². The number of hydrogen-bond donors (Lipinski definition) is 1. The van der Waals surface area contributed by atoms with Gasteiger partial charge in [0.05, 0.1) is 11.6 Å². The third kappa shape index (κ3) is 4.35. The van der Waals surface area contributed by atoms with E-state index in [2.05, 4.69) is 10.3 Å². The average Bonchev–Trinajstić information content (AvgIpc) is 2.29. The molecule has 16 heavy (non-hydrogen) atoms. The maximum absolute atomic E-state index is 5.98. The number of ether oxygens (including phenoxy) is 2. The number of halogens is 1. The Hall–Kier alpha value is -0.840. The maximum atomic E-state index is 5.98. The number of rotatable bonds is 7. The van der Waals surface area contributed by atoms with Crippen LogP contribution in [0.25, 0.3) is 0 Å². The first-order valence-corrected chi connectivity index (χ1v) is 5.65. The van der Waals surface area contributed by atoms with Crippen LogP contribution in [0.5, 0.6) is 5.88 Å². The highest BCUT2D eigenvalue weighted by molar-refractivity contribution is 6.31. The van der Waals surface area contributed by atoms with Crippen molar-refractivity contribution in [3.63, 3.8) is 0 Å². The number of nitrogens with zero attached hydrogens (tertiary/aromatic N) is 1. The van der Waals surface area contributed by atoms with E-state index in [-0.39, 0.29) is 0 Å². The number of aromatic nitrogens is 1. The monoisotopic (exact) mass is 244 g/mol. The Labute approximate surface area is 101 Å². The van der Waals surface area contributed by atoms with Crippen molar-refractivity contribution in [3.05, 3.63) is 22.8 Å². The molecule has 0 saturated carbocycles. The van der Waals surface area contributed by atoms with Gasteiger partial charge in [-0.2, -0.15) is 0 Å². The summed E-state index contributed by atoms with van der Waals surface area (Å²) in [5, 5.41) is 3.68. The van der Waals surface area contributed by atoms with E-state index in [1.807, 2.05) is 20.0 Å². The summed E-state index contributed by atoms with van der Waals surface area (Å²) in [5.41, 5.74) is 0.977. The zero-order valence-corrected chi connectivity index (χ0v) is 10.4. The van der Waals surface area contributed by atoms with Crippen LogP contribution >= 0.6 is 11.6 Å². The van der Waals surface area contributed by atoms with Crippen LogP contribution in [0, 0.1) is 0 Å². The molecule has 0 bridgehead atoms. The van der Waals surface area contributed by atoms with Crippen molar-refractivity contribution in [2.45, 2.75) is 13.5 Å². The van der Waals surface area contributed by atoms with Crippen LogP contribution in [-0.2, 0) is 11.3 Å². The highest BCUT2D eigenvalue weighted by Gasteiger charge is 2.03. The lowest BCUT2D eigenvalue weighted by Gasteiger charge is -2.08. The molecule has 0 saturated heterocycles. The van der Waals surface area contributed by atoms with E-state index in [4.69, 9.17) is 21.1 Å². The molecule has 90 valence electrons. The summed E-state index contributed by atoms with van der Waals surface area (Å²) in [6, 6.07) is 1.84. The van der Waals surface area contributed by atoms with Crippen molar-refractivity contribution in [1.82, 2.24) is 10.3 Å². The third-order valence-electron chi connectivity index (χ3n) is 1.96. The summed E-state index contributed by atoms with van der Waals surface area (Å²) in [6.07, 6.45) is 1.60. The molecular formula is C11H17ClN2O2. The van der Waals surface area contributed by atoms with Crippen molar-refractivity contribution in [2.75, 3.05) is 26.9 Å². The molecule has 0 aliphatic rings. The zero-order valence-electron chi connectivity index (χ0n) is 9.62. The maximum Gasteiger partial charge on any atom is 0.213 e. The molecule has 0 spiro atoms. The zero-order chi connectivity index (χ0) is 11.8. The van der Waals surface area contributed by atoms with E-state index in [1.165, 1.54) is 0 Å². The second-order valence-corrected chi connectivity index (χ2v) is 3.60. The molecule has 0 aromatic carbocycles. The SMILES string of the molecule is CCOCCOc1cc(CNC)c(Cl)cn1. The van der Waals surface area contributed by atoms with E-state index < -0.39 is 0 Å². The van der Waals surface area contributed by atoms with Gasteiger partial charge in [-0.1, -0.05) is 11.6 Å². The van der Waals surface area contributed by atoms with Gasteiger partial charge in [0.2, 0.25) is 5.88 Å². The summed E-state index contributed by atoms with van der Waals surface area (Å²) in [6.45, 7) is 4.42. The predicted octanol–water partition coefficient (Wildman–Crippen LogP) is 1.87. The van der Waals surface area contributed by atoms with Crippen molar-refractivity contribution in [1.29, 1.82) is 0 Å². The van der Waals surface area contributed by atoms with E-state index in [0.29, 0.717) is 37.3 Å². The number of pyridine rings is 1. The second-order valence-electron chi connectivity index (χ2n) is 3.19. The van der Waals surface area contributed by atoms with Gasteiger partial charge in [-0.15, -0.1) is 0 Å². The highest BCUT2D eigenvalue weighted by Crippen LogP contribution is 2.18. The minimum atomic E-state index is 0.501. The quantitative estimate of drug-likeness (QED) is 0.744. The van der Waals surface area contributed by atoms with Crippen molar-refractivity contribution >= 4 is 11.6 Å². The van der Waals surface area contributed by atoms with Crippen LogP contribution in [0.2, 0.25) is 5.02 Å². The molecule has 1 N–H and O–H groups in total. The molecular weight excluding hydrogens is 228 g/mol. The molecule has 1 rings (SSSR count). The average molecular weight is 245 g/mol. The largest absolute Gasteiger partial charge is 0.475 e. The standard InChI is InChI=1S/C11H17ClN2O2/c1-3-15-4-5-16-11-6-9(7-13-2)10(12)8-14-11/h6,8,13H,3-5,7H2,1-2H3. The van der Waals surface area contributed by atoms with Gasteiger partial charge < -0.3 is 14.8 Å². The molecule has 1 heterocycles. The molecule has 0 aliphatic heterocycles. The summed E-state index contributed by atoms with van der Waals surface area (Å²) in [7, 11) is 1.87. The third-order valence-corrected chi connectivity index (χ3v) is 2.30. The normalized spacial score (nSPS) is 10.4. The number of hydrogen-bond acceptors (Lipinski definition) is 4. The number of nitrogens with one attached hydrogen (secondary N) is 1. The van der Waals surface area contributed by atoms with Gasteiger partial charge in [0, 0.05) is 25.4 Å². The van der Waals surface area contributed by atoms with Crippen LogP contribution in [0.1, 0.15) is 12.5 Å². The van der Waals surface area contributed by atoms with E-state index in [9.17, 15) is 0 Å². The highest BCUT2D eigenvalue weighted by atomic mass is 35.5. The fraction of sp³-hybridized carbons (Fsp3) is 0.545. The van der Waals surface area contributed by atoms with Crippen LogP contribution in [-0.4, -0.2) is 31.9 Å². The van der Waals surface area contributed by atoms with Gasteiger partial charge in [-0.25, -0.2) is 4.98 Å². The molecule has 5 heteroatoms. The Morgan fingerprint density at radius 1 is 1.44 bits per heavy atom. The first-order valence-electron chi connectivity index (χ1n) is 5.27. The fourth-order valence-corrected chi connectivity index (χ4v) is 1.38. The summed E-state index contributed by atoms with van der Waals surface area (Å²) >= 11 is 5.98. The molecule has 0 radical (unpaired) electrons. The molecule has 0 fully saturated rings. The smallest absolute Gasteiger partial charge is 0.213 e. The van der Waals surface area contributed by atoms with Gasteiger partial charge in [-0.05, 0) is 19.5 Å². The Morgan fingerprint density at radius 3 is 2.94 bits per heavy atom. The Morgan fingerprint density at radius 2 is 2.25 bits per heavy atom. The Kier molecular flexibility index (Phi) is 6.15. The van der Waals surface area contributed by atoms with Crippen LogP contribution in [0.15, 0.2) is 12.3 Å². The molecule has 1 aromatic heterocycles. The van der Waals surface area contributed by atoms with Crippen LogP contribution < -0.4 is 10.1 Å². The Bertz CT molecular complexity index is 321. The van der Waals surface area contributed by atoms with Gasteiger partial charge in [0.25, 0.3) is 0 Å². The second kappa shape index (κ2) is 7.44. The molecule has 0 unspecified atom stereocenters. The lowest BCUT2D eigenvalue weighted by Crippen LogP contribution is -2.09. The van der Waals surface area contributed by atoms with Crippen LogP contribution in [0.4, 0.5) is 0 Å². The van der Waals surface area contributed by atoms with E-state index >= 15 is 0 Å². The molecule has 4 nitrogen and oxygen atoms in total. The molecule has 0 amide bonds. The fourth-order valence-electron chi connectivity index (χ4n) is 1.21. The minimum absolute atomic E-state index is 0.501. The van der Waals surface area contributed by atoms with Crippen LogP contribution in [0.3, 0.4) is 0 Å². The van der Waals surface area contributed by atoms with E-state index in [0.717, 1.165) is 5.56 Å². The topological polar surface area (TPSA) is 43.4 Å². The first kappa shape index (κ1) is 13.2. The summed E-state index contributed by atoms with van der Waals surface area (Å²) < 4.78 is 10.6. The molecule has 0 atom stereocenters. The molecule has 1 aromatic rings. The lowest BCUT2D eigenvalue weighted by atomic mass is 10.2. The summed E-state index contributed by atoms with van der Waals surface area (Å²) in [5.74, 6) is 0.578. The lowest BCUT2D eigenvalue weighted by molar-refractivity contribution is 0.108.